The molecule has 6 heteroatoms. The normalized spacial score (nSPS) is 9.65. The monoisotopic (exact) mass is 288 g/mol. The Morgan fingerprint density at radius 3 is 3.05 bits per heavy atom. The van der Waals surface area contributed by atoms with Gasteiger partial charge in [-0.2, -0.15) is 0 Å². The van der Waals surface area contributed by atoms with E-state index >= 15 is 0 Å². The molecular weight excluding hydrogens is 276 g/mol. The van der Waals surface area contributed by atoms with E-state index in [0.717, 1.165) is 10.4 Å². The number of H-pyrrole nitrogens is 1. The van der Waals surface area contributed by atoms with Gasteiger partial charge in [0.2, 0.25) is 5.56 Å². The molecule has 0 aliphatic heterocycles. The molecule has 20 heavy (non-hydrogen) atoms. The first kappa shape index (κ1) is 14.1. The minimum atomic E-state index is -0.334. The second-order valence-corrected chi connectivity index (χ2v) is 4.87. The van der Waals surface area contributed by atoms with Gasteiger partial charge in [0.1, 0.15) is 12.3 Å². The number of aliphatic hydroxyl groups is 1. The second-order valence-electron chi connectivity index (χ2n) is 3.87. The Morgan fingerprint density at radius 2 is 2.30 bits per heavy atom. The predicted molar refractivity (Wildman–Crippen MR) is 76.5 cm³/mol. The minimum absolute atomic E-state index is 0.177. The molecule has 5 nitrogen and oxygen atoms in total. The van der Waals surface area contributed by atoms with Gasteiger partial charge in [-0.25, -0.2) is 0 Å². The van der Waals surface area contributed by atoms with Gasteiger partial charge in [-0.3, -0.25) is 9.59 Å². The maximum Gasteiger partial charge on any atom is 0.268 e. The molecule has 2 aromatic rings. The average Bonchev–Trinajstić information content (AvgIpc) is 2.90. The number of thiophene rings is 1. The van der Waals surface area contributed by atoms with Crippen molar-refractivity contribution < 1.29 is 9.90 Å². The molecule has 3 N–H and O–H groups in total. The largest absolute Gasteiger partial charge is 0.384 e. The summed E-state index contributed by atoms with van der Waals surface area (Å²) in [5.41, 5.74) is 0.728. The Hall–Kier alpha value is -2.36. The topological polar surface area (TPSA) is 82.2 Å². The van der Waals surface area contributed by atoms with Crippen LogP contribution in [0.3, 0.4) is 0 Å². The summed E-state index contributed by atoms with van der Waals surface area (Å²) in [6, 6.07) is 6.27. The van der Waals surface area contributed by atoms with Gasteiger partial charge in [0.05, 0.1) is 6.54 Å². The highest BCUT2D eigenvalue weighted by Gasteiger charge is 2.06. The van der Waals surface area contributed by atoms with Crippen molar-refractivity contribution in [3.8, 4) is 11.8 Å². The highest BCUT2D eigenvalue weighted by atomic mass is 32.1. The fraction of sp³-hybridized carbons (Fsp3) is 0.143. The van der Waals surface area contributed by atoms with Crippen LogP contribution in [0, 0.1) is 11.8 Å². The fourth-order valence-electron chi connectivity index (χ4n) is 1.52. The first-order valence-corrected chi connectivity index (χ1v) is 6.71. The van der Waals surface area contributed by atoms with Crippen LogP contribution in [0.15, 0.2) is 34.4 Å². The summed E-state index contributed by atoms with van der Waals surface area (Å²) in [6.45, 7) is 0.185. The van der Waals surface area contributed by atoms with E-state index in [1.165, 1.54) is 23.5 Å². The number of pyridine rings is 1. The zero-order valence-electron chi connectivity index (χ0n) is 10.5. The minimum Gasteiger partial charge on any atom is -0.384 e. The quantitative estimate of drug-likeness (QED) is 0.728. The van der Waals surface area contributed by atoms with Gasteiger partial charge in [0, 0.05) is 21.9 Å². The van der Waals surface area contributed by atoms with E-state index in [-0.39, 0.29) is 23.8 Å². The lowest BCUT2D eigenvalue weighted by molar-refractivity contribution is 0.0946. The molecule has 0 bridgehead atoms. The van der Waals surface area contributed by atoms with E-state index in [4.69, 9.17) is 5.11 Å². The van der Waals surface area contributed by atoms with Crippen molar-refractivity contribution in [3.05, 3.63) is 56.1 Å². The Labute approximate surface area is 119 Å². The number of hydrogen-bond donors (Lipinski definition) is 3. The zero-order valence-corrected chi connectivity index (χ0v) is 11.3. The lowest BCUT2D eigenvalue weighted by atomic mass is 10.3. The molecule has 0 unspecified atom stereocenters. The van der Waals surface area contributed by atoms with Crippen LogP contribution in [-0.4, -0.2) is 22.6 Å². The van der Waals surface area contributed by atoms with Gasteiger partial charge in [-0.15, -0.1) is 11.3 Å². The van der Waals surface area contributed by atoms with Crippen LogP contribution < -0.4 is 10.9 Å². The molecule has 0 aliphatic rings. The Kier molecular flexibility index (Phi) is 4.71. The van der Waals surface area contributed by atoms with Gasteiger partial charge in [-0.1, -0.05) is 17.9 Å². The molecule has 0 aromatic carbocycles. The average molecular weight is 288 g/mol. The van der Waals surface area contributed by atoms with Gasteiger partial charge in [0.25, 0.3) is 5.91 Å². The van der Waals surface area contributed by atoms with Crippen LogP contribution >= 0.6 is 11.3 Å². The molecule has 1 amide bonds. The molecule has 0 aliphatic carbocycles. The van der Waals surface area contributed by atoms with Gasteiger partial charge in [-0.05, 0) is 12.1 Å². The third-order valence-electron chi connectivity index (χ3n) is 2.40. The maximum atomic E-state index is 11.8. The van der Waals surface area contributed by atoms with Gasteiger partial charge < -0.3 is 15.4 Å². The first-order chi connectivity index (χ1) is 9.69. The molecule has 0 atom stereocenters. The molecule has 2 heterocycles. The lowest BCUT2D eigenvalue weighted by Crippen LogP contribution is -2.25. The molecule has 0 radical (unpaired) electrons. The van der Waals surface area contributed by atoms with E-state index < -0.39 is 0 Å². The number of rotatable bonds is 3. The highest BCUT2D eigenvalue weighted by Crippen LogP contribution is 2.13. The highest BCUT2D eigenvalue weighted by molar-refractivity contribution is 7.10. The second kappa shape index (κ2) is 6.70. The molecular formula is C14H12N2O3S. The summed E-state index contributed by atoms with van der Waals surface area (Å²) < 4.78 is 0. The van der Waals surface area contributed by atoms with Crippen LogP contribution in [0.5, 0.6) is 0 Å². The Balaban J connectivity index is 1.96. The predicted octanol–water partition coefficient (Wildman–Crippen LogP) is 0.710. The van der Waals surface area contributed by atoms with Crippen LogP contribution in [0.1, 0.15) is 20.9 Å². The van der Waals surface area contributed by atoms with Crippen LogP contribution in [0.2, 0.25) is 0 Å². The molecule has 0 saturated carbocycles. The fourth-order valence-corrected chi connectivity index (χ4v) is 2.28. The summed E-state index contributed by atoms with van der Waals surface area (Å²) in [6.07, 6.45) is 0. The smallest absolute Gasteiger partial charge is 0.268 e. The molecule has 0 spiro atoms. The lowest BCUT2D eigenvalue weighted by Gasteiger charge is -2.02. The Bertz CT molecular complexity index is 722. The van der Waals surface area contributed by atoms with Crippen molar-refractivity contribution in [2.45, 2.75) is 6.54 Å². The first-order valence-electron chi connectivity index (χ1n) is 5.84. The zero-order chi connectivity index (χ0) is 14.4. The van der Waals surface area contributed by atoms with Crippen LogP contribution in [-0.2, 0) is 6.54 Å². The third-order valence-corrected chi connectivity index (χ3v) is 3.34. The Morgan fingerprint density at radius 1 is 1.45 bits per heavy atom. The van der Waals surface area contributed by atoms with Crippen LogP contribution in [0.4, 0.5) is 0 Å². The van der Waals surface area contributed by atoms with E-state index in [1.807, 2.05) is 11.4 Å². The molecule has 2 aromatic heterocycles. The number of carbonyl (C=O) groups excluding carboxylic acids is 1. The maximum absolute atomic E-state index is 11.8. The van der Waals surface area contributed by atoms with Crippen molar-refractivity contribution in [2.24, 2.45) is 0 Å². The van der Waals surface area contributed by atoms with Crippen molar-refractivity contribution in [3.63, 3.8) is 0 Å². The van der Waals surface area contributed by atoms with E-state index in [0.29, 0.717) is 6.54 Å². The van der Waals surface area contributed by atoms with Crippen LogP contribution in [0.25, 0.3) is 0 Å². The summed E-state index contributed by atoms with van der Waals surface area (Å²) in [4.78, 5) is 26.3. The number of hydrogen-bond acceptors (Lipinski definition) is 4. The van der Waals surface area contributed by atoms with Crippen molar-refractivity contribution in [1.82, 2.24) is 10.3 Å². The SMILES string of the molecule is O=C(NCc1cc(C#CCO)cs1)c1cccc(=O)[nH]1. The van der Waals surface area contributed by atoms with Crippen molar-refractivity contribution >= 4 is 17.2 Å². The summed E-state index contributed by atoms with van der Waals surface area (Å²) in [5.74, 6) is 5.02. The number of aromatic nitrogens is 1. The third kappa shape index (κ3) is 3.82. The van der Waals surface area contributed by atoms with E-state index in [9.17, 15) is 9.59 Å². The summed E-state index contributed by atoms with van der Waals surface area (Å²) in [7, 11) is 0. The van der Waals surface area contributed by atoms with Crippen molar-refractivity contribution in [2.75, 3.05) is 6.61 Å². The number of amides is 1. The molecule has 2 rings (SSSR count). The summed E-state index contributed by atoms with van der Waals surface area (Å²) in [5, 5.41) is 13.2. The van der Waals surface area contributed by atoms with E-state index in [1.54, 1.807) is 6.07 Å². The van der Waals surface area contributed by atoms with Crippen molar-refractivity contribution in [1.29, 1.82) is 0 Å². The number of nitrogens with one attached hydrogen (secondary N) is 2. The summed E-state index contributed by atoms with van der Waals surface area (Å²) >= 11 is 1.47. The molecule has 0 fully saturated rings. The molecule has 102 valence electrons. The van der Waals surface area contributed by atoms with E-state index in [2.05, 4.69) is 22.1 Å². The number of carbonyl (C=O) groups is 1. The van der Waals surface area contributed by atoms with Gasteiger partial charge >= 0.3 is 0 Å². The standard InChI is InChI=1S/C14H12N2O3S/c17-6-2-3-10-7-11(20-9-10)8-15-14(19)12-4-1-5-13(18)16-12/h1,4-5,7,9,17H,6,8H2,(H,15,19)(H,16,18). The van der Waals surface area contributed by atoms with Gasteiger partial charge in [0.15, 0.2) is 0 Å². The number of aromatic amines is 1. The number of aliphatic hydroxyl groups excluding tert-OH is 1. The molecule has 0 saturated heterocycles.